The van der Waals surface area contributed by atoms with Crippen molar-refractivity contribution in [2.45, 2.75) is 17.3 Å². The summed E-state index contributed by atoms with van der Waals surface area (Å²) in [6.07, 6.45) is -2.81. The molecule has 0 aliphatic heterocycles. The van der Waals surface area contributed by atoms with Gasteiger partial charge in [0.1, 0.15) is 4.21 Å². The average molecular weight is 476 g/mol. The molecule has 4 aromatic rings. The van der Waals surface area contributed by atoms with Crippen molar-refractivity contribution in [2.75, 3.05) is 0 Å². The van der Waals surface area contributed by atoms with Gasteiger partial charge in [0, 0.05) is 17.5 Å². The third-order valence-electron chi connectivity index (χ3n) is 4.67. The fourth-order valence-corrected chi connectivity index (χ4v) is 4.87. The van der Waals surface area contributed by atoms with Crippen LogP contribution in [0, 0.1) is 6.92 Å². The third kappa shape index (κ3) is 4.72. The first-order valence-corrected chi connectivity index (χ1v) is 11.6. The number of benzene rings is 1. The number of aromatic nitrogens is 2. The highest BCUT2D eigenvalue weighted by Gasteiger charge is 2.30. The molecule has 0 aliphatic carbocycles. The summed E-state index contributed by atoms with van der Waals surface area (Å²) < 4.78 is 61.7. The Bertz CT molecular complexity index is 1400. The van der Waals surface area contributed by atoms with Gasteiger partial charge >= 0.3 is 6.18 Å². The van der Waals surface area contributed by atoms with Gasteiger partial charge in [0.2, 0.25) is 10.0 Å². The van der Waals surface area contributed by atoms with Gasteiger partial charge in [-0.3, -0.25) is 9.97 Å². The van der Waals surface area contributed by atoms with Gasteiger partial charge in [-0.15, -0.1) is 11.3 Å². The Hall–Kier alpha value is -3.08. The van der Waals surface area contributed by atoms with Crippen molar-refractivity contribution in [3.63, 3.8) is 0 Å². The van der Waals surface area contributed by atoms with Crippen molar-refractivity contribution < 1.29 is 21.6 Å². The summed E-state index contributed by atoms with van der Waals surface area (Å²) >= 11 is 1.02. The molecule has 0 spiro atoms. The van der Waals surface area contributed by atoms with Gasteiger partial charge < -0.3 is 0 Å². The first-order chi connectivity index (χ1) is 15.0. The van der Waals surface area contributed by atoms with Gasteiger partial charge in [-0.25, -0.2) is 13.6 Å². The van der Waals surface area contributed by atoms with Crippen molar-refractivity contribution in [1.82, 2.24) is 9.97 Å². The van der Waals surface area contributed by atoms with E-state index in [9.17, 15) is 21.6 Å². The van der Waals surface area contributed by atoms with Gasteiger partial charge in [0.05, 0.1) is 21.8 Å². The monoisotopic (exact) mass is 475 g/mol. The predicted molar refractivity (Wildman–Crippen MR) is 117 cm³/mol. The number of primary sulfonamides is 1. The van der Waals surface area contributed by atoms with Gasteiger partial charge in [-0.2, -0.15) is 13.2 Å². The van der Waals surface area contributed by atoms with Crippen LogP contribution >= 0.6 is 11.3 Å². The van der Waals surface area contributed by atoms with E-state index in [-0.39, 0.29) is 4.21 Å². The predicted octanol–water partition coefficient (Wildman–Crippen LogP) is 5.51. The second-order valence-electron chi connectivity index (χ2n) is 7.05. The summed E-state index contributed by atoms with van der Waals surface area (Å²) in [5.74, 6) is 0. The number of hydrogen-bond donors (Lipinski definition) is 1. The zero-order valence-corrected chi connectivity index (χ0v) is 18.2. The smallest absolute Gasteiger partial charge is 0.255 e. The number of aryl methyl sites for hydroxylation is 1. The van der Waals surface area contributed by atoms with Crippen molar-refractivity contribution >= 4 is 21.4 Å². The Labute approximate surface area is 186 Å². The number of sulfonamides is 1. The van der Waals surface area contributed by atoms with Crippen LogP contribution in [0.25, 0.3) is 33.0 Å². The van der Waals surface area contributed by atoms with E-state index in [0.717, 1.165) is 34.6 Å². The summed E-state index contributed by atoms with van der Waals surface area (Å²) in [7, 11) is -3.80. The lowest BCUT2D eigenvalue weighted by Gasteiger charge is -2.10. The van der Waals surface area contributed by atoms with E-state index >= 15 is 0 Å². The summed E-state index contributed by atoms with van der Waals surface area (Å²) in [6, 6.07) is 15.1. The van der Waals surface area contributed by atoms with Crippen LogP contribution in [0.1, 0.15) is 11.3 Å². The van der Waals surface area contributed by atoms with Crippen LogP contribution in [0.4, 0.5) is 13.2 Å². The van der Waals surface area contributed by atoms with E-state index in [1.807, 2.05) is 0 Å². The Kier molecular flexibility index (Phi) is 5.61. The fraction of sp³-hybridized carbons (Fsp3) is 0.0909. The standard InChI is InChI=1S/C22H16F3N3O2S2/c1-13-10-16(14-2-4-17(5-3-14)22(23,24)25)12-18(28-13)15-8-9-27-19(11-15)20-6-7-21(31-20)32(26,29)30/h2-12H,1H3,(H2,26,29,30). The first-order valence-electron chi connectivity index (χ1n) is 9.26. The maximum atomic E-state index is 12.9. The fourth-order valence-electron chi connectivity index (χ4n) is 3.17. The number of hydrogen-bond acceptors (Lipinski definition) is 5. The Morgan fingerprint density at radius 3 is 2.19 bits per heavy atom. The molecule has 3 aromatic heterocycles. The SMILES string of the molecule is Cc1cc(-c2ccc(C(F)(F)F)cc2)cc(-c2ccnc(-c3ccc(S(N)(=O)=O)s3)c2)n1. The zero-order chi connectivity index (χ0) is 23.1. The minimum absolute atomic E-state index is 0.0398. The maximum Gasteiger partial charge on any atom is 0.416 e. The van der Waals surface area contributed by atoms with E-state index in [1.54, 1.807) is 43.5 Å². The molecule has 0 bridgehead atoms. The molecule has 0 saturated carbocycles. The molecule has 0 fully saturated rings. The van der Waals surface area contributed by atoms with Crippen LogP contribution in [0.2, 0.25) is 0 Å². The summed E-state index contributed by atoms with van der Waals surface area (Å²) in [6.45, 7) is 1.80. The second kappa shape index (κ2) is 8.12. The molecule has 1 aromatic carbocycles. The molecule has 5 nitrogen and oxygen atoms in total. The van der Waals surface area contributed by atoms with Crippen LogP contribution in [0.15, 0.2) is 71.1 Å². The Morgan fingerprint density at radius 1 is 0.875 bits per heavy atom. The first kappa shape index (κ1) is 22.1. The van der Waals surface area contributed by atoms with Gasteiger partial charge in [0.15, 0.2) is 0 Å². The highest BCUT2D eigenvalue weighted by atomic mass is 32.2. The summed E-state index contributed by atoms with van der Waals surface area (Å²) in [4.78, 5) is 9.48. The minimum Gasteiger partial charge on any atom is -0.255 e. The van der Waals surface area contributed by atoms with Gasteiger partial charge in [0.25, 0.3) is 0 Å². The molecule has 32 heavy (non-hydrogen) atoms. The molecule has 0 saturated heterocycles. The molecule has 0 unspecified atom stereocenters. The molecule has 164 valence electrons. The molecule has 0 amide bonds. The van der Waals surface area contributed by atoms with Gasteiger partial charge in [-0.05, 0) is 66.6 Å². The van der Waals surface area contributed by atoms with Crippen molar-refractivity contribution in [1.29, 1.82) is 0 Å². The largest absolute Gasteiger partial charge is 0.416 e. The number of nitrogens with zero attached hydrogens (tertiary/aromatic N) is 2. The van der Waals surface area contributed by atoms with Crippen LogP contribution in [0.3, 0.4) is 0 Å². The van der Waals surface area contributed by atoms with E-state index in [1.165, 1.54) is 18.2 Å². The van der Waals surface area contributed by atoms with E-state index in [4.69, 9.17) is 5.14 Å². The molecule has 2 N–H and O–H groups in total. The van der Waals surface area contributed by atoms with E-state index in [0.29, 0.717) is 27.5 Å². The highest BCUT2D eigenvalue weighted by Crippen LogP contribution is 2.34. The highest BCUT2D eigenvalue weighted by molar-refractivity contribution is 7.91. The quantitative estimate of drug-likeness (QED) is 0.422. The number of pyridine rings is 2. The van der Waals surface area contributed by atoms with Crippen LogP contribution in [-0.4, -0.2) is 18.4 Å². The Morgan fingerprint density at radius 2 is 1.56 bits per heavy atom. The molecular formula is C22H16F3N3O2S2. The molecule has 0 atom stereocenters. The van der Waals surface area contributed by atoms with Crippen LogP contribution in [0.5, 0.6) is 0 Å². The number of thiophene rings is 1. The number of nitrogens with two attached hydrogens (primary N) is 1. The van der Waals surface area contributed by atoms with Crippen LogP contribution in [-0.2, 0) is 16.2 Å². The summed E-state index contributed by atoms with van der Waals surface area (Å²) in [5, 5.41) is 5.18. The van der Waals surface area contributed by atoms with Crippen molar-refractivity contribution in [3.8, 4) is 33.0 Å². The lowest BCUT2D eigenvalue weighted by molar-refractivity contribution is -0.137. The number of alkyl halides is 3. The maximum absolute atomic E-state index is 12.9. The number of halogens is 3. The molecule has 0 radical (unpaired) electrons. The normalized spacial score (nSPS) is 12.2. The third-order valence-corrected chi connectivity index (χ3v) is 7.22. The van der Waals surface area contributed by atoms with Gasteiger partial charge in [-0.1, -0.05) is 12.1 Å². The Balaban J connectivity index is 1.71. The molecular weight excluding hydrogens is 459 g/mol. The zero-order valence-electron chi connectivity index (χ0n) is 16.6. The minimum atomic E-state index is -4.39. The van der Waals surface area contributed by atoms with Crippen molar-refractivity contribution in [2.24, 2.45) is 5.14 Å². The van der Waals surface area contributed by atoms with E-state index in [2.05, 4.69) is 9.97 Å². The molecule has 10 heteroatoms. The van der Waals surface area contributed by atoms with E-state index < -0.39 is 21.8 Å². The van der Waals surface area contributed by atoms with Crippen molar-refractivity contribution in [3.05, 3.63) is 78.1 Å². The summed E-state index contributed by atoms with van der Waals surface area (Å²) in [5.41, 5.74) is 3.26. The number of rotatable bonds is 4. The lowest BCUT2D eigenvalue weighted by atomic mass is 10.0. The molecule has 4 rings (SSSR count). The lowest BCUT2D eigenvalue weighted by Crippen LogP contribution is -2.09. The average Bonchev–Trinajstić information content (AvgIpc) is 3.24. The molecule has 0 aliphatic rings. The second-order valence-corrected chi connectivity index (χ2v) is 9.92. The van der Waals surface area contributed by atoms with Crippen LogP contribution < -0.4 is 5.14 Å². The topological polar surface area (TPSA) is 85.9 Å². The molecule has 3 heterocycles.